The van der Waals surface area contributed by atoms with Crippen LogP contribution in [0.4, 0.5) is 0 Å². The predicted molar refractivity (Wildman–Crippen MR) is 79.3 cm³/mol. The maximum Gasteiger partial charge on any atom is 0.0773 e. The van der Waals surface area contributed by atoms with Crippen molar-refractivity contribution >= 4 is 0 Å². The van der Waals surface area contributed by atoms with Gasteiger partial charge >= 0.3 is 0 Å². The average Bonchev–Trinajstić information content (AvgIpc) is 2.47. The molecule has 0 heterocycles. The number of rotatable bonds is 6. The van der Waals surface area contributed by atoms with Crippen molar-refractivity contribution in [1.82, 2.24) is 5.32 Å². The van der Waals surface area contributed by atoms with Gasteiger partial charge < -0.3 is 10.4 Å². The summed E-state index contributed by atoms with van der Waals surface area (Å²) in [7, 11) is 0. The van der Waals surface area contributed by atoms with E-state index < -0.39 is 6.10 Å². The molecular weight excluding hydrogens is 234 g/mol. The minimum absolute atomic E-state index is 0.0152. The lowest BCUT2D eigenvalue weighted by atomic mass is 9.86. The molecule has 0 bridgehead atoms. The van der Waals surface area contributed by atoms with Crippen LogP contribution >= 0.6 is 0 Å². The monoisotopic (exact) mass is 255 g/mol. The van der Waals surface area contributed by atoms with Crippen LogP contribution in [0, 0.1) is 0 Å². The molecule has 100 valence electrons. The van der Waals surface area contributed by atoms with Gasteiger partial charge in [0.15, 0.2) is 0 Å². The first kappa shape index (κ1) is 13.8. The maximum absolute atomic E-state index is 10.5. The van der Waals surface area contributed by atoms with E-state index in [-0.39, 0.29) is 5.92 Å². The summed E-state index contributed by atoms with van der Waals surface area (Å²) in [5.41, 5.74) is 2.30. The molecule has 2 aromatic rings. The number of nitrogens with one attached hydrogen (secondary N) is 1. The summed E-state index contributed by atoms with van der Waals surface area (Å²) in [6.45, 7) is 3.52. The number of aliphatic hydroxyl groups excluding tert-OH is 1. The third kappa shape index (κ3) is 3.66. The molecule has 0 aliphatic heterocycles. The van der Waals surface area contributed by atoms with Gasteiger partial charge in [-0.15, -0.1) is 0 Å². The second-order valence-corrected chi connectivity index (χ2v) is 4.67. The van der Waals surface area contributed by atoms with Crippen molar-refractivity contribution in [2.75, 3.05) is 13.1 Å². The van der Waals surface area contributed by atoms with Gasteiger partial charge in [-0.25, -0.2) is 0 Å². The molecule has 0 radical (unpaired) electrons. The number of aliphatic hydroxyl groups is 1. The Morgan fingerprint density at radius 3 is 1.79 bits per heavy atom. The number of hydrogen-bond donors (Lipinski definition) is 2. The van der Waals surface area contributed by atoms with Crippen LogP contribution < -0.4 is 5.32 Å². The second kappa shape index (κ2) is 7.07. The normalized spacial score (nSPS) is 12.6. The molecule has 0 saturated heterocycles. The van der Waals surface area contributed by atoms with E-state index in [4.69, 9.17) is 0 Å². The third-order valence-electron chi connectivity index (χ3n) is 3.31. The fraction of sp³-hybridized carbons (Fsp3) is 0.294. The molecule has 2 nitrogen and oxygen atoms in total. The molecule has 2 aromatic carbocycles. The molecule has 0 fully saturated rings. The van der Waals surface area contributed by atoms with E-state index in [0.29, 0.717) is 6.54 Å². The summed E-state index contributed by atoms with van der Waals surface area (Å²) in [6.07, 6.45) is -0.426. The van der Waals surface area contributed by atoms with Crippen LogP contribution in [0.25, 0.3) is 0 Å². The highest BCUT2D eigenvalue weighted by molar-refractivity contribution is 5.33. The fourth-order valence-corrected chi connectivity index (χ4v) is 2.37. The van der Waals surface area contributed by atoms with Crippen molar-refractivity contribution in [3.63, 3.8) is 0 Å². The zero-order chi connectivity index (χ0) is 13.5. The van der Waals surface area contributed by atoms with Crippen molar-refractivity contribution < 1.29 is 5.11 Å². The molecule has 1 atom stereocenters. The average molecular weight is 255 g/mol. The van der Waals surface area contributed by atoms with Crippen molar-refractivity contribution in [3.05, 3.63) is 71.8 Å². The summed E-state index contributed by atoms with van der Waals surface area (Å²) in [5, 5.41) is 13.7. The molecule has 1 unspecified atom stereocenters. The molecule has 2 N–H and O–H groups in total. The van der Waals surface area contributed by atoms with Crippen molar-refractivity contribution in [2.45, 2.75) is 18.9 Å². The number of hydrogen-bond acceptors (Lipinski definition) is 2. The molecule has 2 rings (SSSR count). The molecule has 2 heteroatoms. The summed E-state index contributed by atoms with van der Waals surface area (Å²) in [5.74, 6) is 0.0152. The van der Waals surface area contributed by atoms with E-state index in [2.05, 4.69) is 29.6 Å². The Kier molecular flexibility index (Phi) is 5.13. The molecule has 19 heavy (non-hydrogen) atoms. The van der Waals surface area contributed by atoms with Gasteiger partial charge in [-0.05, 0) is 17.7 Å². The van der Waals surface area contributed by atoms with E-state index in [1.54, 1.807) is 0 Å². The molecule has 0 amide bonds. The minimum atomic E-state index is -0.426. The molecule has 0 aliphatic rings. The third-order valence-corrected chi connectivity index (χ3v) is 3.31. The molecule has 0 saturated carbocycles. The van der Waals surface area contributed by atoms with Crippen molar-refractivity contribution in [3.8, 4) is 0 Å². The van der Waals surface area contributed by atoms with Crippen molar-refractivity contribution in [1.29, 1.82) is 0 Å². The maximum atomic E-state index is 10.5. The number of likely N-dealkylation sites (N-methyl/N-ethyl adjacent to an activating group) is 1. The first-order valence-electron chi connectivity index (χ1n) is 6.81. The largest absolute Gasteiger partial charge is 0.391 e. The van der Waals surface area contributed by atoms with Crippen LogP contribution in [0.5, 0.6) is 0 Å². The van der Waals surface area contributed by atoms with E-state index in [9.17, 15) is 5.11 Å². The summed E-state index contributed by atoms with van der Waals surface area (Å²) >= 11 is 0. The Morgan fingerprint density at radius 2 is 1.37 bits per heavy atom. The molecule has 0 aromatic heterocycles. The van der Waals surface area contributed by atoms with Crippen molar-refractivity contribution in [2.24, 2.45) is 0 Å². The Hall–Kier alpha value is -1.64. The van der Waals surface area contributed by atoms with Gasteiger partial charge in [-0.2, -0.15) is 0 Å². The summed E-state index contributed by atoms with van der Waals surface area (Å²) in [4.78, 5) is 0. The van der Waals surface area contributed by atoms with Gasteiger partial charge in [0.1, 0.15) is 0 Å². The highest BCUT2D eigenvalue weighted by Gasteiger charge is 2.22. The zero-order valence-corrected chi connectivity index (χ0v) is 11.3. The standard InChI is InChI=1S/C17H21NO/c1-2-18-13-16(19)17(14-9-5-3-6-10-14)15-11-7-4-8-12-15/h3-12,16-19H,2,13H2,1H3. The van der Waals surface area contributed by atoms with Crippen LogP contribution in [0.15, 0.2) is 60.7 Å². The Labute approximate surface area is 115 Å². The van der Waals surface area contributed by atoms with Gasteiger partial charge in [0.25, 0.3) is 0 Å². The highest BCUT2D eigenvalue weighted by atomic mass is 16.3. The predicted octanol–water partition coefficient (Wildman–Crippen LogP) is 2.79. The summed E-state index contributed by atoms with van der Waals surface area (Å²) < 4.78 is 0. The molecule has 0 spiro atoms. The first-order valence-corrected chi connectivity index (χ1v) is 6.81. The van der Waals surface area contributed by atoms with Crippen LogP contribution in [0.3, 0.4) is 0 Å². The van der Waals surface area contributed by atoms with Crippen LogP contribution in [0.2, 0.25) is 0 Å². The highest BCUT2D eigenvalue weighted by Crippen LogP contribution is 2.27. The first-order chi connectivity index (χ1) is 9.33. The van der Waals surface area contributed by atoms with Crippen LogP contribution in [-0.2, 0) is 0 Å². The Morgan fingerprint density at radius 1 is 0.895 bits per heavy atom. The van der Waals surface area contributed by atoms with Gasteiger partial charge in [-0.3, -0.25) is 0 Å². The van der Waals surface area contributed by atoms with Crippen LogP contribution in [-0.4, -0.2) is 24.3 Å². The minimum Gasteiger partial charge on any atom is -0.391 e. The van der Waals surface area contributed by atoms with E-state index in [0.717, 1.165) is 17.7 Å². The van der Waals surface area contributed by atoms with Gasteiger partial charge in [0.05, 0.1) is 6.10 Å². The quantitative estimate of drug-likeness (QED) is 0.832. The lowest BCUT2D eigenvalue weighted by Gasteiger charge is -2.24. The Bertz CT molecular complexity index is 430. The van der Waals surface area contributed by atoms with E-state index >= 15 is 0 Å². The van der Waals surface area contributed by atoms with Gasteiger partial charge in [0, 0.05) is 12.5 Å². The SMILES string of the molecule is CCNCC(O)C(c1ccccc1)c1ccccc1. The van der Waals surface area contributed by atoms with Crippen LogP contribution in [0.1, 0.15) is 24.0 Å². The molecular formula is C17H21NO. The van der Waals surface area contributed by atoms with E-state index in [1.807, 2.05) is 43.3 Å². The topological polar surface area (TPSA) is 32.3 Å². The molecule has 0 aliphatic carbocycles. The lowest BCUT2D eigenvalue weighted by Crippen LogP contribution is -2.32. The second-order valence-electron chi connectivity index (χ2n) is 4.67. The Balaban J connectivity index is 2.29. The van der Waals surface area contributed by atoms with Gasteiger partial charge in [-0.1, -0.05) is 67.6 Å². The zero-order valence-electron chi connectivity index (χ0n) is 11.3. The smallest absolute Gasteiger partial charge is 0.0773 e. The fourth-order valence-electron chi connectivity index (χ4n) is 2.37. The lowest BCUT2D eigenvalue weighted by molar-refractivity contribution is 0.154. The number of benzene rings is 2. The summed E-state index contributed by atoms with van der Waals surface area (Å²) in [6, 6.07) is 20.4. The van der Waals surface area contributed by atoms with Gasteiger partial charge in [0.2, 0.25) is 0 Å². The van der Waals surface area contributed by atoms with E-state index in [1.165, 1.54) is 0 Å².